The number of hydrogen-bond donors (Lipinski definition) is 1. The topological polar surface area (TPSA) is 30.5 Å². The van der Waals surface area contributed by atoms with Crippen molar-refractivity contribution >= 4 is 21.6 Å². The largest absolute Gasteiger partial charge is 0.382 e. The van der Waals surface area contributed by atoms with E-state index in [0.717, 1.165) is 29.7 Å². The van der Waals surface area contributed by atoms with Gasteiger partial charge in [-0.05, 0) is 31.0 Å². The molecule has 0 aliphatic carbocycles. The van der Waals surface area contributed by atoms with Crippen molar-refractivity contribution in [1.82, 2.24) is 0 Å². The fourth-order valence-corrected chi connectivity index (χ4v) is 1.98. The predicted octanol–water partition coefficient (Wildman–Crippen LogP) is 2.93. The maximum Gasteiger partial charge on any atom is 0.147 e. The number of nitrogens with one attached hydrogen (secondary N) is 1. The summed E-state index contributed by atoms with van der Waals surface area (Å²) in [4.78, 5) is 0. The van der Waals surface area contributed by atoms with Crippen molar-refractivity contribution in [2.24, 2.45) is 0 Å². The van der Waals surface area contributed by atoms with E-state index in [1.54, 1.807) is 0 Å². The van der Waals surface area contributed by atoms with Crippen LogP contribution in [0, 0.1) is 6.92 Å². The lowest BCUT2D eigenvalue weighted by atomic mass is 10.2. The summed E-state index contributed by atoms with van der Waals surface area (Å²) in [5, 5.41) is 3.37. The van der Waals surface area contributed by atoms with Crippen LogP contribution in [0.3, 0.4) is 0 Å². The second-order valence-electron chi connectivity index (χ2n) is 3.95. The first-order chi connectivity index (χ1) is 7.75. The average molecular weight is 286 g/mol. The number of benzene rings is 1. The Hall–Kier alpha value is -0.580. The van der Waals surface area contributed by atoms with Gasteiger partial charge in [-0.2, -0.15) is 0 Å². The summed E-state index contributed by atoms with van der Waals surface area (Å²) in [5.74, 6) is 0. The lowest BCUT2D eigenvalue weighted by molar-refractivity contribution is -0.133. The zero-order valence-corrected chi connectivity index (χ0v) is 10.9. The van der Waals surface area contributed by atoms with Crippen LogP contribution in [0.5, 0.6) is 0 Å². The smallest absolute Gasteiger partial charge is 0.147 e. The fourth-order valence-electron chi connectivity index (χ4n) is 1.60. The van der Waals surface area contributed by atoms with Crippen molar-refractivity contribution in [3.63, 3.8) is 0 Å². The molecule has 1 aromatic carbocycles. The number of halogens is 1. The molecule has 88 valence electrons. The van der Waals surface area contributed by atoms with Crippen molar-refractivity contribution in [2.75, 3.05) is 25.3 Å². The summed E-state index contributed by atoms with van der Waals surface area (Å²) >= 11 is 3.52. The molecule has 1 heterocycles. The first-order valence-electron chi connectivity index (χ1n) is 5.45. The van der Waals surface area contributed by atoms with Gasteiger partial charge in [0.1, 0.15) is 6.79 Å². The van der Waals surface area contributed by atoms with Gasteiger partial charge < -0.3 is 14.8 Å². The molecule has 0 radical (unpaired) electrons. The third-order valence-corrected chi connectivity index (χ3v) is 3.53. The molecule has 1 N–H and O–H groups in total. The highest BCUT2D eigenvalue weighted by molar-refractivity contribution is 9.10. The van der Waals surface area contributed by atoms with Gasteiger partial charge in [-0.3, -0.25) is 0 Å². The lowest BCUT2D eigenvalue weighted by Gasteiger charge is -2.23. The van der Waals surface area contributed by atoms with Crippen LogP contribution < -0.4 is 5.32 Å². The molecule has 1 fully saturated rings. The van der Waals surface area contributed by atoms with Crippen molar-refractivity contribution < 1.29 is 9.47 Å². The minimum Gasteiger partial charge on any atom is -0.382 e. The Labute approximate surface area is 104 Å². The number of aryl methyl sites for hydroxylation is 1. The Morgan fingerprint density at radius 3 is 3.06 bits per heavy atom. The van der Waals surface area contributed by atoms with Gasteiger partial charge in [-0.15, -0.1) is 0 Å². The Balaban J connectivity index is 1.86. The number of ether oxygens (including phenoxy) is 2. The number of hydrogen-bond acceptors (Lipinski definition) is 3. The van der Waals surface area contributed by atoms with E-state index in [4.69, 9.17) is 9.47 Å². The van der Waals surface area contributed by atoms with Crippen LogP contribution in [-0.2, 0) is 9.47 Å². The van der Waals surface area contributed by atoms with Crippen LogP contribution >= 0.6 is 15.9 Å². The first-order valence-corrected chi connectivity index (χ1v) is 6.24. The van der Waals surface area contributed by atoms with Crippen LogP contribution in [0.1, 0.15) is 12.0 Å². The van der Waals surface area contributed by atoms with Gasteiger partial charge in [0.05, 0.1) is 12.7 Å². The van der Waals surface area contributed by atoms with E-state index in [0.29, 0.717) is 6.79 Å². The average Bonchev–Trinajstić information content (AvgIpc) is 2.32. The molecule has 1 aromatic rings. The summed E-state index contributed by atoms with van der Waals surface area (Å²) in [7, 11) is 0. The van der Waals surface area contributed by atoms with E-state index >= 15 is 0 Å². The zero-order valence-electron chi connectivity index (χ0n) is 9.33. The Bertz CT molecular complexity index is 351. The lowest BCUT2D eigenvalue weighted by Crippen LogP contribution is -2.30. The molecule has 1 aliphatic heterocycles. The normalized spacial score (nSPS) is 20.8. The van der Waals surface area contributed by atoms with Crippen LogP contribution in [0.25, 0.3) is 0 Å². The first kappa shape index (κ1) is 11.9. The van der Waals surface area contributed by atoms with E-state index in [1.165, 1.54) is 5.56 Å². The zero-order chi connectivity index (χ0) is 11.4. The maximum atomic E-state index is 5.46. The molecule has 0 amide bonds. The van der Waals surface area contributed by atoms with Gasteiger partial charge in [0.15, 0.2) is 0 Å². The molecule has 1 unspecified atom stereocenters. The molecule has 0 bridgehead atoms. The van der Waals surface area contributed by atoms with E-state index < -0.39 is 0 Å². The molecule has 3 nitrogen and oxygen atoms in total. The fraction of sp³-hybridized carbons (Fsp3) is 0.500. The summed E-state index contributed by atoms with van der Waals surface area (Å²) < 4.78 is 11.7. The van der Waals surface area contributed by atoms with Crippen molar-refractivity contribution in [3.8, 4) is 0 Å². The van der Waals surface area contributed by atoms with Gasteiger partial charge in [-0.25, -0.2) is 0 Å². The molecule has 16 heavy (non-hydrogen) atoms. The Kier molecular flexibility index (Phi) is 4.21. The Morgan fingerprint density at radius 1 is 1.50 bits per heavy atom. The molecule has 4 heteroatoms. The van der Waals surface area contributed by atoms with E-state index in [-0.39, 0.29) is 6.10 Å². The van der Waals surface area contributed by atoms with E-state index in [2.05, 4.69) is 46.4 Å². The van der Waals surface area contributed by atoms with Gasteiger partial charge in [0.2, 0.25) is 0 Å². The molecular weight excluding hydrogens is 270 g/mol. The predicted molar refractivity (Wildman–Crippen MR) is 67.7 cm³/mol. The van der Waals surface area contributed by atoms with Crippen molar-refractivity contribution in [3.05, 3.63) is 28.2 Å². The van der Waals surface area contributed by atoms with Crippen LogP contribution in [0.4, 0.5) is 5.69 Å². The third kappa shape index (κ3) is 3.20. The SMILES string of the molecule is Cc1ccc(NCC2CCOCO2)cc1Br. The molecule has 0 aromatic heterocycles. The highest BCUT2D eigenvalue weighted by atomic mass is 79.9. The molecule has 1 atom stereocenters. The molecule has 1 saturated heterocycles. The maximum absolute atomic E-state index is 5.46. The van der Waals surface area contributed by atoms with E-state index in [1.807, 2.05) is 0 Å². The third-order valence-electron chi connectivity index (χ3n) is 2.68. The Morgan fingerprint density at radius 2 is 2.38 bits per heavy atom. The van der Waals surface area contributed by atoms with E-state index in [9.17, 15) is 0 Å². The number of anilines is 1. The molecule has 2 rings (SSSR count). The number of rotatable bonds is 3. The highest BCUT2D eigenvalue weighted by Gasteiger charge is 2.13. The monoisotopic (exact) mass is 285 g/mol. The summed E-state index contributed by atoms with van der Waals surface area (Å²) in [6.45, 7) is 4.13. The van der Waals surface area contributed by atoms with Crippen molar-refractivity contribution in [2.45, 2.75) is 19.4 Å². The molecule has 0 spiro atoms. The minimum atomic E-state index is 0.258. The van der Waals surface area contributed by atoms with Gasteiger partial charge >= 0.3 is 0 Å². The standard InChI is InChI=1S/C12H16BrNO2/c1-9-2-3-10(6-12(9)13)14-7-11-4-5-15-8-16-11/h2-3,6,11,14H,4-5,7-8H2,1H3. The van der Waals surface area contributed by atoms with Crippen LogP contribution in [0.15, 0.2) is 22.7 Å². The van der Waals surface area contributed by atoms with Crippen LogP contribution in [0.2, 0.25) is 0 Å². The minimum absolute atomic E-state index is 0.258. The van der Waals surface area contributed by atoms with Gasteiger partial charge in [0, 0.05) is 16.7 Å². The quantitative estimate of drug-likeness (QED) is 0.926. The summed E-state index contributed by atoms with van der Waals surface area (Å²) in [6.07, 6.45) is 1.22. The second-order valence-corrected chi connectivity index (χ2v) is 4.80. The summed E-state index contributed by atoms with van der Waals surface area (Å²) in [6, 6.07) is 6.27. The molecule has 1 aliphatic rings. The van der Waals surface area contributed by atoms with Gasteiger partial charge in [0.25, 0.3) is 0 Å². The second kappa shape index (κ2) is 5.66. The van der Waals surface area contributed by atoms with Crippen molar-refractivity contribution in [1.29, 1.82) is 0 Å². The van der Waals surface area contributed by atoms with Crippen LogP contribution in [-0.4, -0.2) is 26.0 Å². The molecular formula is C12H16BrNO2. The molecule has 0 saturated carbocycles. The van der Waals surface area contributed by atoms with Gasteiger partial charge in [-0.1, -0.05) is 22.0 Å². The highest BCUT2D eigenvalue weighted by Crippen LogP contribution is 2.20. The summed E-state index contributed by atoms with van der Waals surface area (Å²) in [5.41, 5.74) is 2.36.